The number of hydrogen-bond acceptors (Lipinski definition) is 4. The van der Waals surface area contributed by atoms with Gasteiger partial charge in [-0.2, -0.15) is 0 Å². The second-order valence-electron chi connectivity index (χ2n) is 7.99. The summed E-state index contributed by atoms with van der Waals surface area (Å²) in [4.78, 5) is 14.9. The van der Waals surface area contributed by atoms with Gasteiger partial charge >= 0.3 is 0 Å². The molecule has 0 aliphatic heterocycles. The predicted octanol–water partition coefficient (Wildman–Crippen LogP) is 5.87. The molecular formula is C23H27N3OS. The lowest BCUT2D eigenvalue weighted by Crippen LogP contribution is -2.32. The summed E-state index contributed by atoms with van der Waals surface area (Å²) in [6, 6.07) is 16.1. The number of benzene rings is 2. The lowest BCUT2D eigenvalue weighted by Gasteiger charge is -2.19. The van der Waals surface area contributed by atoms with Gasteiger partial charge in [0.2, 0.25) is 5.13 Å². The van der Waals surface area contributed by atoms with Crippen molar-refractivity contribution in [3.05, 3.63) is 65.2 Å². The van der Waals surface area contributed by atoms with Gasteiger partial charge in [-0.05, 0) is 36.0 Å². The minimum atomic E-state index is -0.0225. The van der Waals surface area contributed by atoms with Gasteiger partial charge in [-0.15, -0.1) is 10.2 Å². The summed E-state index contributed by atoms with van der Waals surface area (Å²) in [5, 5.41) is 10.2. The zero-order valence-electron chi connectivity index (χ0n) is 17.2. The number of rotatable bonds is 5. The van der Waals surface area contributed by atoms with Crippen LogP contribution in [0.15, 0.2) is 48.5 Å². The highest BCUT2D eigenvalue weighted by atomic mass is 32.1. The highest BCUT2D eigenvalue weighted by molar-refractivity contribution is 7.18. The van der Waals surface area contributed by atoms with Crippen LogP contribution < -0.4 is 4.90 Å². The van der Waals surface area contributed by atoms with Gasteiger partial charge in [-0.25, -0.2) is 0 Å². The van der Waals surface area contributed by atoms with Crippen LogP contribution in [0.2, 0.25) is 0 Å². The first-order chi connectivity index (χ1) is 13.3. The minimum absolute atomic E-state index is 0.0225. The quantitative estimate of drug-likeness (QED) is 0.545. The number of aromatic nitrogens is 2. The molecule has 3 rings (SSSR count). The fraction of sp³-hybridized carbons (Fsp3) is 0.348. The summed E-state index contributed by atoms with van der Waals surface area (Å²) < 4.78 is 0. The largest absolute Gasteiger partial charge is 0.283 e. The van der Waals surface area contributed by atoms with Crippen molar-refractivity contribution < 1.29 is 4.79 Å². The van der Waals surface area contributed by atoms with E-state index in [0.717, 1.165) is 22.6 Å². The molecule has 5 heteroatoms. The van der Waals surface area contributed by atoms with Gasteiger partial charge in [0, 0.05) is 17.7 Å². The van der Waals surface area contributed by atoms with Gasteiger partial charge in [0.1, 0.15) is 5.01 Å². The molecule has 0 spiro atoms. The van der Waals surface area contributed by atoms with Crippen LogP contribution in [0.4, 0.5) is 5.13 Å². The van der Waals surface area contributed by atoms with E-state index in [0.29, 0.717) is 17.2 Å². The number of amides is 1. The maximum absolute atomic E-state index is 13.1. The summed E-state index contributed by atoms with van der Waals surface area (Å²) in [6.07, 6.45) is 0.854. The van der Waals surface area contributed by atoms with Crippen LogP contribution in [0.3, 0.4) is 0 Å². The molecule has 2 aromatic carbocycles. The van der Waals surface area contributed by atoms with Crippen molar-refractivity contribution in [2.75, 3.05) is 11.4 Å². The summed E-state index contributed by atoms with van der Waals surface area (Å²) in [5.74, 6) is -0.0225. The lowest BCUT2D eigenvalue weighted by atomic mass is 9.87. The van der Waals surface area contributed by atoms with Gasteiger partial charge in [0.15, 0.2) is 0 Å². The Kier molecular flexibility index (Phi) is 5.94. The third-order valence-electron chi connectivity index (χ3n) is 4.71. The number of carbonyl (C=O) groups is 1. The Labute approximate surface area is 171 Å². The van der Waals surface area contributed by atoms with Crippen LogP contribution in [0.1, 0.15) is 55.6 Å². The lowest BCUT2D eigenvalue weighted by molar-refractivity contribution is 0.0986. The van der Waals surface area contributed by atoms with Crippen LogP contribution in [0.25, 0.3) is 10.6 Å². The smallest absolute Gasteiger partial charge is 0.260 e. The summed E-state index contributed by atoms with van der Waals surface area (Å²) in [5.41, 5.74) is 4.10. The Morgan fingerprint density at radius 3 is 2.32 bits per heavy atom. The van der Waals surface area contributed by atoms with E-state index in [1.54, 1.807) is 4.90 Å². The minimum Gasteiger partial charge on any atom is -0.283 e. The number of carbonyl (C=O) groups excluding carboxylic acids is 1. The van der Waals surface area contributed by atoms with Gasteiger partial charge in [-0.3, -0.25) is 9.69 Å². The Bertz CT molecular complexity index is 954. The van der Waals surface area contributed by atoms with E-state index in [2.05, 4.69) is 62.2 Å². The van der Waals surface area contributed by atoms with Crippen molar-refractivity contribution in [1.82, 2.24) is 10.2 Å². The molecule has 146 valence electrons. The first-order valence-electron chi connectivity index (χ1n) is 9.63. The molecular weight excluding hydrogens is 366 g/mol. The zero-order chi connectivity index (χ0) is 20.3. The Morgan fingerprint density at radius 1 is 1.04 bits per heavy atom. The molecule has 3 aromatic rings. The van der Waals surface area contributed by atoms with Crippen molar-refractivity contribution in [2.24, 2.45) is 0 Å². The van der Waals surface area contributed by atoms with Crippen molar-refractivity contribution in [1.29, 1.82) is 0 Å². The van der Waals surface area contributed by atoms with Crippen LogP contribution in [0, 0.1) is 6.92 Å². The highest BCUT2D eigenvalue weighted by Gasteiger charge is 2.22. The number of nitrogens with zero attached hydrogens (tertiary/aromatic N) is 3. The zero-order valence-corrected chi connectivity index (χ0v) is 18.0. The molecule has 0 fully saturated rings. The van der Waals surface area contributed by atoms with Gasteiger partial charge in [0.05, 0.1) is 0 Å². The highest BCUT2D eigenvalue weighted by Crippen LogP contribution is 2.31. The fourth-order valence-electron chi connectivity index (χ4n) is 3.02. The molecule has 1 amide bonds. The van der Waals surface area contributed by atoms with Crippen molar-refractivity contribution >= 4 is 22.4 Å². The monoisotopic (exact) mass is 393 g/mol. The van der Waals surface area contributed by atoms with Crippen molar-refractivity contribution in [3.8, 4) is 10.6 Å². The average Bonchev–Trinajstić information content (AvgIpc) is 3.15. The summed E-state index contributed by atoms with van der Waals surface area (Å²) >= 11 is 1.46. The van der Waals surface area contributed by atoms with E-state index in [9.17, 15) is 4.79 Å². The number of hydrogen-bond donors (Lipinski definition) is 0. The Balaban J connectivity index is 1.89. The Morgan fingerprint density at radius 2 is 1.71 bits per heavy atom. The molecule has 0 N–H and O–H groups in total. The number of aryl methyl sites for hydroxylation is 1. The van der Waals surface area contributed by atoms with E-state index in [4.69, 9.17) is 0 Å². The first-order valence-corrected chi connectivity index (χ1v) is 10.4. The molecule has 0 aliphatic rings. The van der Waals surface area contributed by atoms with Gasteiger partial charge in [0.25, 0.3) is 5.91 Å². The standard InChI is InChI=1S/C23H27N3OS/c1-6-15-26(21(27)19-10-8-7-9-16(19)2)22-25-24-20(28-22)17-11-13-18(14-12-17)23(3,4)5/h7-14H,6,15H2,1-5H3. The van der Waals surface area contributed by atoms with E-state index in [1.165, 1.54) is 16.9 Å². The summed E-state index contributed by atoms with van der Waals surface area (Å²) in [6.45, 7) is 11.2. The maximum atomic E-state index is 13.1. The Hall–Kier alpha value is -2.53. The molecule has 0 saturated heterocycles. The molecule has 4 nitrogen and oxygen atoms in total. The maximum Gasteiger partial charge on any atom is 0.260 e. The molecule has 0 bridgehead atoms. The van der Waals surface area contributed by atoms with E-state index < -0.39 is 0 Å². The fourth-order valence-corrected chi connectivity index (χ4v) is 3.89. The van der Waals surface area contributed by atoms with Crippen molar-refractivity contribution in [3.63, 3.8) is 0 Å². The molecule has 1 heterocycles. The summed E-state index contributed by atoms with van der Waals surface area (Å²) in [7, 11) is 0. The van der Waals surface area contributed by atoms with Crippen LogP contribution >= 0.6 is 11.3 Å². The third kappa shape index (κ3) is 4.30. The first kappa shape index (κ1) is 20.2. The molecule has 0 radical (unpaired) electrons. The average molecular weight is 394 g/mol. The topological polar surface area (TPSA) is 46.1 Å². The van der Waals surface area contributed by atoms with E-state index in [-0.39, 0.29) is 11.3 Å². The molecule has 1 aromatic heterocycles. The second kappa shape index (κ2) is 8.23. The molecule has 0 atom stereocenters. The SMILES string of the molecule is CCCN(C(=O)c1ccccc1C)c1nnc(-c2ccc(C(C)(C)C)cc2)s1. The third-order valence-corrected chi connectivity index (χ3v) is 5.71. The van der Waals surface area contributed by atoms with Crippen molar-refractivity contribution in [2.45, 2.75) is 46.5 Å². The van der Waals surface area contributed by atoms with Gasteiger partial charge in [-0.1, -0.05) is 81.5 Å². The molecule has 28 heavy (non-hydrogen) atoms. The second-order valence-corrected chi connectivity index (χ2v) is 8.94. The van der Waals surface area contributed by atoms with Crippen LogP contribution in [-0.2, 0) is 5.41 Å². The van der Waals surface area contributed by atoms with Crippen LogP contribution in [0.5, 0.6) is 0 Å². The predicted molar refractivity (Wildman–Crippen MR) is 117 cm³/mol. The molecule has 0 aliphatic carbocycles. The van der Waals surface area contributed by atoms with E-state index >= 15 is 0 Å². The van der Waals surface area contributed by atoms with E-state index in [1.807, 2.05) is 31.2 Å². The number of anilines is 1. The molecule has 0 unspecified atom stereocenters. The van der Waals surface area contributed by atoms with Gasteiger partial charge < -0.3 is 0 Å². The molecule has 0 saturated carbocycles. The van der Waals surface area contributed by atoms with Crippen LogP contribution in [-0.4, -0.2) is 22.6 Å². The normalized spacial score (nSPS) is 11.5.